The van der Waals surface area contributed by atoms with Crippen LogP contribution in [0.3, 0.4) is 0 Å². The highest BCUT2D eigenvalue weighted by Gasteiger charge is 2.21. The number of pyridine rings is 1. The van der Waals surface area contributed by atoms with E-state index in [1.807, 2.05) is 36.1 Å². The van der Waals surface area contributed by atoms with Crippen molar-refractivity contribution in [2.24, 2.45) is 0 Å². The molecule has 0 saturated heterocycles. The van der Waals surface area contributed by atoms with Crippen LogP contribution in [0.15, 0.2) is 48.8 Å². The van der Waals surface area contributed by atoms with E-state index in [1.165, 1.54) is 0 Å². The molecule has 2 rings (SSSR count). The fourth-order valence-corrected chi connectivity index (χ4v) is 3.05. The molecule has 0 saturated carbocycles. The van der Waals surface area contributed by atoms with Gasteiger partial charge in [0.1, 0.15) is 0 Å². The van der Waals surface area contributed by atoms with E-state index in [0.717, 1.165) is 12.0 Å². The van der Waals surface area contributed by atoms with Crippen molar-refractivity contribution in [3.05, 3.63) is 64.9 Å². The molecular weight excluding hydrogens is 342 g/mol. The van der Waals surface area contributed by atoms with Crippen molar-refractivity contribution in [2.75, 3.05) is 6.54 Å². The van der Waals surface area contributed by atoms with Gasteiger partial charge < -0.3 is 4.90 Å². The predicted octanol–water partition coefficient (Wildman–Crippen LogP) is 4.22. The number of nitrogens with zero attached hydrogens (tertiary/aromatic N) is 2. The monoisotopic (exact) mass is 361 g/mol. The molecule has 0 radical (unpaired) electrons. The lowest BCUT2D eigenvalue weighted by Gasteiger charge is -2.32. The molecule has 0 fully saturated rings. The van der Waals surface area contributed by atoms with Gasteiger partial charge in [-0.1, -0.05) is 36.7 Å². The average molecular weight is 362 g/mol. The van der Waals surface area contributed by atoms with Crippen LogP contribution in [0.1, 0.15) is 42.2 Å². The van der Waals surface area contributed by atoms with Crippen LogP contribution < -0.4 is 5.32 Å². The standard InChI is InChI=1S/C18H20ClN3OS/c1-3-11-22(13(2)15-9-10-20-12-16(15)19)18(24)21-17(23)14-7-5-4-6-8-14/h4-10,12-13H,3,11H2,1-2H3,(H,21,23,24). The van der Waals surface area contributed by atoms with E-state index in [2.05, 4.69) is 17.2 Å². The lowest BCUT2D eigenvalue weighted by Crippen LogP contribution is -2.44. The topological polar surface area (TPSA) is 45.2 Å². The molecule has 1 amide bonds. The quantitative estimate of drug-likeness (QED) is 0.810. The van der Waals surface area contributed by atoms with Gasteiger partial charge in [-0.15, -0.1) is 0 Å². The van der Waals surface area contributed by atoms with Crippen LogP contribution in [0.5, 0.6) is 0 Å². The van der Waals surface area contributed by atoms with Gasteiger partial charge in [-0.25, -0.2) is 0 Å². The fraction of sp³-hybridized carbons (Fsp3) is 0.278. The highest BCUT2D eigenvalue weighted by molar-refractivity contribution is 7.80. The number of amides is 1. The van der Waals surface area contributed by atoms with Gasteiger partial charge >= 0.3 is 0 Å². The predicted molar refractivity (Wildman–Crippen MR) is 101 cm³/mol. The molecule has 1 aromatic carbocycles. The molecule has 1 unspecified atom stereocenters. The molecule has 0 aliphatic carbocycles. The molecule has 1 aromatic heterocycles. The van der Waals surface area contributed by atoms with Gasteiger partial charge in [0, 0.05) is 24.5 Å². The van der Waals surface area contributed by atoms with Gasteiger partial charge in [-0.3, -0.25) is 15.1 Å². The number of carbonyl (C=O) groups excluding carboxylic acids is 1. The largest absolute Gasteiger partial charge is 0.342 e. The van der Waals surface area contributed by atoms with E-state index in [9.17, 15) is 4.79 Å². The Morgan fingerprint density at radius 1 is 1.33 bits per heavy atom. The van der Waals surface area contributed by atoms with Crippen LogP contribution in [-0.2, 0) is 0 Å². The Morgan fingerprint density at radius 3 is 2.67 bits per heavy atom. The summed E-state index contributed by atoms with van der Waals surface area (Å²) >= 11 is 11.7. The third-order valence-corrected chi connectivity index (χ3v) is 4.36. The Labute approximate surface area is 152 Å². The Balaban J connectivity index is 2.16. The van der Waals surface area contributed by atoms with E-state index in [-0.39, 0.29) is 11.9 Å². The van der Waals surface area contributed by atoms with Crippen molar-refractivity contribution in [3.63, 3.8) is 0 Å². The summed E-state index contributed by atoms with van der Waals surface area (Å²) in [7, 11) is 0. The van der Waals surface area contributed by atoms with Crippen LogP contribution in [0, 0.1) is 0 Å². The maximum atomic E-state index is 12.3. The summed E-state index contributed by atoms with van der Waals surface area (Å²) in [5.74, 6) is -0.213. The molecule has 0 spiro atoms. The third-order valence-electron chi connectivity index (χ3n) is 3.70. The number of aromatic nitrogens is 1. The third kappa shape index (κ3) is 4.52. The number of carbonyl (C=O) groups is 1. The molecule has 24 heavy (non-hydrogen) atoms. The normalized spacial score (nSPS) is 11.6. The molecule has 0 aliphatic heterocycles. The summed E-state index contributed by atoms with van der Waals surface area (Å²) in [6, 6.07) is 10.8. The number of benzene rings is 1. The number of hydrogen-bond acceptors (Lipinski definition) is 3. The lowest BCUT2D eigenvalue weighted by atomic mass is 10.1. The molecule has 1 heterocycles. The highest BCUT2D eigenvalue weighted by Crippen LogP contribution is 2.26. The molecule has 6 heteroatoms. The van der Waals surface area contributed by atoms with Crippen LogP contribution in [0.25, 0.3) is 0 Å². The van der Waals surface area contributed by atoms with Crippen LogP contribution in [0.2, 0.25) is 5.02 Å². The number of nitrogens with one attached hydrogen (secondary N) is 1. The molecular formula is C18H20ClN3OS. The first-order valence-electron chi connectivity index (χ1n) is 7.81. The van der Waals surface area contributed by atoms with Crippen molar-refractivity contribution < 1.29 is 4.79 Å². The molecule has 4 nitrogen and oxygen atoms in total. The zero-order chi connectivity index (χ0) is 17.5. The van der Waals surface area contributed by atoms with Crippen molar-refractivity contribution in [1.29, 1.82) is 0 Å². The van der Waals surface area contributed by atoms with E-state index < -0.39 is 0 Å². The first-order valence-corrected chi connectivity index (χ1v) is 8.59. The van der Waals surface area contributed by atoms with E-state index in [4.69, 9.17) is 23.8 Å². The summed E-state index contributed by atoms with van der Waals surface area (Å²) < 4.78 is 0. The Kier molecular flexibility index (Phi) is 6.70. The van der Waals surface area contributed by atoms with Crippen LogP contribution in [0.4, 0.5) is 0 Å². The van der Waals surface area contributed by atoms with Gasteiger partial charge in [0.15, 0.2) is 5.11 Å². The average Bonchev–Trinajstić information content (AvgIpc) is 2.60. The minimum atomic E-state index is -0.213. The molecule has 126 valence electrons. The smallest absolute Gasteiger partial charge is 0.257 e. The maximum absolute atomic E-state index is 12.3. The zero-order valence-corrected chi connectivity index (χ0v) is 15.3. The van der Waals surface area contributed by atoms with Crippen molar-refractivity contribution in [3.8, 4) is 0 Å². The first kappa shape index (κ1) is 18.4. The number of thiocarbonyl (C=S) groups is 1. The van der Waals surface area contributed by atoms with Gasteiger partial charge in [0.2, 0.25) is 0 Å². The summed E-state index contributed by atoms with van der Waals surface area (Å²) in [5.41, 5.74) is 1.50. The highest BCUT2D eigenvalue weighted by atomic mass is 35.5. The minimum Gasteiger partial charge on any atom is -0.342 e. The summed E-state index contributed by atoms with van der Waals surface area (Å²) in [6.07, 6.45) is 4.21. The number of rotatable bonds is 5. The van der Waals surface area contributed by atoms with Crippen molar-refractivity contribution in [1.82, 2.24) is 15.2 Å². The minimum absolute atomic E-state index is 0.0657. The Hall–Kier alpha value is -1.98. The summed E-state index contributed by atoms with van der Waals surface area (Å²) in [5, 5.41) is 3.79. The lowest BCUT2D eigenvalue weighted by molar-refractivity contribution is 0.0972. The van der Waals surface area contributed by atoms with Crippen LogP contribution in [-0.4, -0.2) is 27.4 Å². The van der Waals surface area contributed by atoms with Gasteiger partial charge in [0.05, 0.1) is 11.1 Å². The molecule has 2 aromatic rings. The first-order chi connectivity index (χ1) is 11.5. The number of halogens is 1. The molecule has 0 aliphatic rings. The van der Waals surface area contributed by atoms with Crippen molar-refractivity contribution >= 4 is 34.8 Å². The second-order valence-corrected chi connectivity index (χ2v) is 6.19. The van der Waals surface area contributed by atoms with E-state index >= 15 is 0 Å². The van der Waals surface area contributed by atoms with E-state index in [0.29, 0.717) is 22.2 Å². The zero-order valence-electron chi connectivity index (χ0n) is 13.7. The Bertz CT molecular complexity index is 708. The van der Waals surface area contributed by atoms with Gasteiger partial charge in [-0.2, -0.15) is 0 Å². The van der Waals surface area contributed by atoms with E-state index in [1.54, 1.807) is 24.5 Å². The number of hydrogen-bond donors (Lipinski definition) is 1. The maximum Gasteiger partial charge on any atom is 0.257 e. The second kappa shape index (κ2) is 8.76. The summed E-state index contributed by atoms with van der Waals surface area (Å²) in [6.45, 7) is 4.79. The molecule has 1 atom stereocenters. The Morgan fingerprint density at radius 2 is 2.04 bits per heavy atom. The van der Waals surface area contributed by atoms with Gasteiger partial charge in [-0.05, 0) is 49.3 Å². The molecule has 0 bridgehead atoms. The van der Waals surface area contributed by atoms with Crippen LogP contribution >= 0.6 is 23.8 Å². The fourth-order valence-electron chi connectivity index (χ4n) is 2.44. The SMILES string of the molecule is CCCN(C(=S)NC(=O)c1ccccc1)C(C)c1ccncc1Cl. The van der Waals surface area contributed by atoms with Gasteiger partial charge in [0.25, 0.3) is 5.91 Å². The van der Waals surface area contributed by atoms with Crippen molar-refractivity contribution in [2.45, 2.75) is 26.3 Å². The summed E-state index contributed by atoms with van der Waals surface area (Å²) in [4.78, 5) is 18.3. The molecule has 1 N–H and O–H groups in total. The second-order valence-electron chi connectivity index (χ2n) is 5.39.